The van der Waals surface area contributed by atoms with Crippen molar-refractivity contribution < 1.29 is 19.4 Å². The third-order valence-corrected chi connectivity index (χ3v) is 6.35. The third kappa shape index (κ3) is 5.85. The molecule has 1 aliphatic carbocycles. The van der Waals surface area contributed by atoms with Crippen molar-refractivity contribution >= 4 is 17.7 Å². The molecular weight excluding hydrogens is 406 g/mol. The van der Waals surface area contributed by atoms with Gasteiger partial charge in [-0.15, -0.1) is 0 Å². The zero-order valence-electron chi connectivity index (χ0n) is 18.3. The van der Waals surface area contributed by atoms with Crippen LogP contribution in [0.5, 0.6) is 0 Å². The van der Waals surface area contributed by atoms with Crippen molar-refractivity contribution in [1.29, 1.82) is 0 Å². The van der Waals surface area contributed by atoms with Crippen LogP contribution in [0.1, 0.15) is 53.7 Å². The van der Waals surface area contributed by atoms with E-state index in [9.17, 15) is 14.7 Å². The van der Waals surface area contributed by atoms with Crippen LogP contribution < -0.4 is 10.6 Å². The Hall–Kier alpha value is -2.93. The number of aryl methyl sites for hydroxylation is 2. The third-order valence-electron chi connectivity index (χ3n) is 6.35. The molecule has 1 fully saturated rings. The molecule has 3 N–H and O–H groups in total. The summed E-state index contributed by atoms with van der Waals surface area (Å²) in [6.45, 7) is 1.32. The predicted molar refractivity (Wildman–Crippen MR) is 122 cm³/mol. The molecule has 1 unspecified atom stereocenters. The minimum atomic E-state index is -1.04. The second-order valence-corrected chi connectivity index (χ2v) is 8.73. The van der Waals surface area contributed by atoms with Gasteiger partial charge >= 0.3 is 5.97 Å². The molecule has 0 radical (unpaired) electrons. The quantitative estimate of drug-likeness (QED) is 0.526. The maximum Gasteiger partial charge on any atom is 0.326 e. The molecule has 0 bridgehead atoms. The van der Waals surface area contributed by atoms with Crippen molar-refractivity contribution in [1.82, 2.24) is 10.3 Å². The summed E-state index contributed by atoms with van der Waals surface area (Å²) < 4.78 is 5.86. The number of amides is 1. The summed E-state index contributed by atoms with van der Waals surface area (Å²) >= 11 is 0. The molecule has 4 rings (SSSR count). The molecule has 1 aromatic carbocycles. The zero-order valence-corrected chi connectivity index (χ0v) is 18.3. The van der Waals surface area contributed by atoms with Gasteiger partial charge in [0.1, 0.15) is 11.9 Å². The predicted octanol–water partition coefficient (Wildman–Crippen LogP) is 3.44. The molecule has 7 heteroatoms. The number of carbonyl (C=O) groups is 2. The molecule has 2 aliphatic rings. The maximum absolute atomic E-state index is 12.2. The summed E-state index contributed by atoms with van der Waals surface area (Å²) in [5.74, 6) is 0.249. The minimum absolute atomic E-state index is 0.178. The molecule has 1 atom stereocenters. The highest BCUT2D eigenvalue weighted by Gasteiger charge is 2.30. The normalized spacial score (nSPS) is 20.4. The lowest BCUT2D eigenvalue weighted by atomic mass is 9.79. The fraction of sp³-hybridized carbons (Fsp3) is 0.480. The molecule has 2 heterocycles. The number of aliphatic carboxylic acids is 1. The average molecular weight is 438 g/mol. The number of anilines is 1. The second kappa shape index (κ2) is 10.6. The van der Waals surface area contributed by atoms with E-state index < -0.39 is 12.0 Å². The van der Waals surface area contributed by atoms with Crippen LogP contribution in [0.2, 0.25) is 0 Å². The van der Waals surface area contributed by atoms with Crippen LogP contribution in [0.15, 0.2) is 42.5 Å². The van der Waals surface area contributed by atoms with Crippen molar-refractivity contribution in [2.24, 2.45) is 5.92 Å². The average Bonchev–Trinajstić information content (AvgIpc) is 2.79. The molecule has 32 heavy (non-hydrogen) atoms. The van der Waals surface area contributed by atoms with Gasteiger partial charge in [0, 0.05) is 30.8 Å². The summed E-state index contributed by atoms with van der Waals surface area (Å²) in [7, 11) is 0. The SMILES string of the molecule is O=C(NC(CCOC1CC(CCc2ccc3c(n2)NCCC3)C1)C(=O)O)c1ccccc1. The first-order valence-electron chi connectivity index (χ1n) is 11.5. The largest absolute Gasteiger partial charge is 0.480 e. The van der Waals surface area contributed by atoms with Crippen LogP contribution in [0, 0.1) is 5.92 Å². The minimum Gasteiger partial charge on any atom is -0.480 e. The monoisotopic (exact) mass is 437 g/mol. The van der Waals surface area contributed by atoms with Crippen LogP contribution in [-0.2, 0) is 22.4 Å². The number of benzene rings is 1. The molecule has 1 amide bonds. The number of ether oxygens (including phenoxy) is 1. The molecule has 7 nitrogen and oxygen atoms in total. The number of rotatable bonds is 10. The molecule has 2 aromatic rings. The highest BCUT2D eigenvalue weighted by Crippen LogP contribution is 2.34. The van der Waals surface area contributed by atoms with Crippen molar-refractivity contribution in [3.8, 4) is 0 Å². The van der Waals surface area contributed by atoms with E-state index in [0.717, 1.165) is 50.2 Å². The van der Waals surface area contributed by atoms with Crippen molar-refractivity contribution in [3.63, 3.8) is 0 Å². The summed E-state index contributed by atoms with van der Waals surface area (Å²) in [5, 5.41) is 15.4. The van der Waals surface area contributed by atoms with Gasteiger partial charge in [-0.25, -0.2) is 9.78 Å². The van der Waals surface area contributed by atoms with Crippen LogP contribution in [-0.4, -0.2) is 47.3 Å². The lowest BCUT2D eigenvalue weighted by Crippen LogP contribution is -2.42. The van der Waals surface area contributed by atoms with Gasteiger partial charge in [-0.05, 0) is 68.2 Å². The van der Waals surface area contributed by atoms with Gasteiger partial charge in [-0.3, -0.25) is 4.79 Å². The van der Waals surface area contributed by atoms with Gasteiger partial charge in [-0.1, -0.05) is 24.3 Å². The van der Waals surface area contributed by atoms with Crippen LogP contribution in [0.25, 0.3) is 0 Å². The van der Waals surface area contributed by atoms with Gasteiger partial charge in [0.25, 0.3) is 5.91 Å². The highest BCUT2D eigenvalue weighted by atomic mass is 16.5. The van der Waals surface area contributed by atoms with Crippen molar-refractivity contribution in [2.75, 3.05) is 18.5 Å². The second-order valence-electron chi connectivity index (χ2n) is 8.73. The van der Waals surface area contributed by atoms with Crippen LogP contribution in [0.4, 0.5) is 5.82 Å². The number of nitrogens with zero attached hydrogens (tertiary/aromatic N) is 1. The number of hydrogen-bond donors (Lipinski definition) is 3. The van der Waals surface area contributed by atoms with Gasteiger partial charge in [0.05, 0.1) is 6.10 Å². The molecule has 1 aromatic heterocycles. The maximum atomic E-state index is 12.2. The number of carboxylic acid groups (broad SMARTS) is 1. The highest BCUT2D eigenvalue weighted by molar-refractivity contribution is 5.96. The van der Waals surface area contributed by atoms with E-state index in [0.29, 0.717) is 18.1 Å². The van der Waals surface area contributed by atoms with E-state index >= 15 is 0 Å². The van der Waals surface area contributed by atoms with E-state index in [4.69, 9.17) is 9.72 Å². The first kappa shape index (κ1) is 22.3. The fourth-order valence-electron chi connectivity index (χ4n) is 4.35. The smallest absolute Gasteiger partial charge is 0.326 e. The number of pyridine rings is 1. The Kier molecular flexibility index (Phi) is 7.37. The van der Waals surface area contributed by atoms with Gasteiger partial charge in [-0.2, -0.15) is 0 Å². The molecular formula is C25H31N3O4. The lowest BCUT2D eigenvalue weighted by Gasteiger charge is -2.35. The molecule has 1 aliphatic heterocycles. The summed E-state index contributed by atoms with van der Waals surface area (Å²) in [4.78, 5) is 28.5. The Bertz CT molecular complexity index is 928. The Morgan fingerprint density at radius 2 is 2.00 bits per heavy atom. The first-order valence-corrected chi connectivity index (χ1v) is 11.5. The Balaban J connectivity index is 1.14. The summed E-state index contributed by atoms with van der Waals surface area (Å²) in [5.41, 5.74) is 2.91. The standard InChI is InChI=1S/C25H31N3O4/c29-24(19-5-2-1-3-6-19)28-22(25(30)31)12-14-32-21-15-17(16-21)8-10-20-11-9-18-7-4-13-26-23(18)27-20/h1-3,5-6,9,11,17,21-22H,4,7-8,10,12-16H2,(H,26,27)(H,28,29)(H,30,31). The Labute approximate surface area is 188 Å². The van der Waals surface area contributed by atoms with Crippen LogP contribution in [0.3, 0.4) is 0 Å². The molecule has 170 valence electrons. The number of carbonyl (C=O) groups excluding carboxylic acids is 1. The van der Waals surface area contributed by atoms with E-state index in [1.165, 1.54) is 12.0 Å². The number of nitrogens with one attached hydrogen (secondary N) is 2. The van der Waals surface area contributed by atoms with E-state index in [-0.39, 0.29) is 18.4 Å². The lowest BCUT2D eigenvalue weighted by molar-refractivity contribution is -0.140. The molecule has 0 spiro atoms. The van der Waals surface area contributed by atoms with Gasteiger partial charge in [0.15, 0.2) is 0 Å². The number of aromatic nitrogens is 1. The number of carboxylic acids is 1. The number of hydrogen-bond acceptors (Lipinski definition) is 5. The molecule has 1 saturated carbocycles. The van der Waals surface area contributed by atoms with E-state index in [1.54, 1.807) is 24.3 Å². The van der Waals surface area contributed by atoms with Gasteiger partial charge in [0.2, 0.25) is 0 Å². The Morgan fingerprint density at radius 3 is 2.78 bits per heavy atom. The van der Waals surface area contributed by atoms with E-state index in [1.807, 2.05) is 6.07 Å². The summed E-state index contributed by atoms with van der Waals surface area (Å²) in [6.07, 6.45) is 6.77. The van der Waals surface area contributed by atoms with E-state index in [2.05, 4.69) is 22.8 Å². The molecule has 0 saturated heterocycles. The zero-order chi connectivity index (χ0) is 22.3. The van der Waals surface area contributed by atoms with Crippen molar-refractivity contribution in [3.05, 3.63) is 59.3 Å². The topological polar surface area (TPSA) is 101 Å². The summed E-state index contributed by atoms with van der Waals surface area (Å²) in [6, 6.07) is 12.0. The number of fused-ring (bicyclic) bond motifs is 1. The Morgan fingerprint density at radius 1 is 1.19 bits per heavy atom. The fourth-order valence-corrected chi connectivity index (χ4v) is 4.35. The van der Waals surface area contributed by atoms with Crippen molar-refractivity contribution in [2.45, 2.75) is 57.1 Å². The first-order chi connectivity index (χ1) is 15.6. The van der Waals surface area contributed by atoms with Crippen LogP contribution >= 0.6 is 0 Å². The van der Waals surface area contributed by atoms with Gasteiger partial charge < -0.3 is 20.5 Å².